The van der Waals surface area contributed by atoms with Crippen molar-refractivity contribution in [3.63, 3.8) is 0 Å². The molecule has 54 heavy (non-hydrogen) atoms. The van der Waals surface area contributed by atoms with Crippen LogP contribution >= 0.6 is 0 Å². The van der Waals surface area contributed by atoms with Crippen molar-refractivity contribution in [1.29, 1.82) is 5.26 Å². The Bertz CT molecular complexity index is 1910. The number of aliphatic carboxylic acids is 1. The number of carboxylic acid groups (broad SMARTS) is 1. The lowest BCUT2D eigenvalue weighted by molar-refractivity contribution is -0.138. The Morgan fingerprint density at radius 1 is 0.833 bits per heavy atom. The van der Waals surface area contributed by atoms with Gasteiger partial charge >= 0.3 is 5.97 Å². The normalized spacial score (nSPS) is 13.4. The highest BCUT2D eigenvalue weighted by molar-refractivity contribution is 6.06. The van der Waals surface area contributed by atoms with Gasteiger partial charge in [0.25, 0.3) is 11.8 Å². The zero-order valence-corrected chi connectivity index (χ0v) is 30.1. The Hall–Kier alpha value is -5.52. The Balaban J connectivity index is 1.09. The minimum Gasteiger partial charge on any atom is -0.481 e. The maximum absolute atomic E-state index is 13.5. The third kappa shape index (κ3) is 12.3. The molecule has 0 saturated carbocycles. The largest absolute Gasteiger partial charge is 0.481 e. The summed E-state index contributed by atoms with van der Waals surface area (Å²) in [4.78, 5) is 46.2. The maximum Gasteiger partial charge on any atom is 0.305 e. The van der Waals surface area contributed by atoms with Gasteiger partial charge in [-0.2, -0.15) is 5.26 Å². The molecule has 5 rings (SSSR count). The van der Waals surface area contributed by atoms with Crippen LogP contribution in [-0.4, -0.2) is 85.7 Å². The van der Waals surface area contributed by atoms with Gasteiger partial charge in [-0.15, -0.1) is 0 Å². The predicted molar refractivity (Wildman–Crippen MR) is 200 cm³/mol. The van der Waals surface area contributed by atoms with Crippen molar-refractivity contribution in [1.82, 2.24) is 15.3 Å². The number of nitriles is 1. The number of benzene rings is 3. The third-order valence-electron chi connectivity index (χ3n) is 8.72. The molecule has 13 heteroatoms. The first-order chi connectivity index (χ1) is 26.4. The molecule has 1 aliphatic carbocycles. The molecule has 0 fully saturated rings. The molecular weight excluding hydrogens is 690 g/mol. The Labute approximate surface area is 314 Å². The topological polar surface area (TPSA) is 182 Å². The highest BCUT2D eigenvalue weighted by Gasteiger charge is 2.23. The predicted octanol–water partition coefficient (Wildman–Crippen LogP) is 5.55. The molecule has 0 bridgehead atoms. The van der Waals surface area contributed by atoms with E-state index in [-0.39, 0.29) is 42.4 Å². The van der Waals surface area contributed by atoms with E-state index in [1.165, 1.54) is 11.8 Å². The first-order valence-electron chi connectivity index (χ1n) is 18.1. The molecule has 0 saturated heterocycles. The van der Waals surface area contributed by atoms with Gasteiger partial charge in [0.1, 0.15) is 5.69 Å². The molecule has 0 radical (unpaired) electrons. The van der Waals surface area contributed by atoms with Gasteiger partial charge in [0, 0.05) is 23.9 Å². The van der Waals surface area contributed by atoms with Crippen LogP contribution in [0.4, 0.5) is 5.69 Å². The number of amides is 2. The fourth-order valence-corrected chi connectivity index (χ4v) is 6.02. The van der Waals surface area contributed by atoms with Crippen molar-refractivity contribution >= 4 is 23.5 Å². The van der Waals surface area contributed by atoms with E-state index in [1.807, 2.05) is 36.4 Å². The number of nitrogens with one attached hydrogen (secondary N) is 2. The maximum atomic E-state index is 13.5. The number of ether oxygens (including phenoxy) is 4. The van der Waals surface area contributed by atoms with E-state index >= 15 is 0 Å². The first-order valence-corrected chi connectivity index (χ1v) is 18.1. The summed E-state index contributed by atoms with van der Waals surface area (Å²) in [5.41, 5.74) is 5.18. The molecule has 0 unspecified atom stereocenters. The molecule has 0 spiro atoms. The molecule has 4 aromatic rings. The number of hydrogen-bond donors (Lipinski definition) is 3. The molecule has 282 valence electrons. The molecule has 2 amide bonds. The number of hydrogen-bond acceptors (Lipinski definition) is 10. The molecule has 1 heterocycles. The number of nitrogens with zero attached hydrogens (tertiary/aromatic N) is 3. The summed E-state index contributed by atoms with van der Waals surface area (Å²) in [5, 5.41) is 24.3. The zero-order chi connectivity index (χ0) is 38.0. The van der Waals surface area contributed by atoms with Gasteiger partial charge in [-0.25, -0.2) is 9.97 Å². The third-order valence-corrected chi connectivity index (χ3v) is 8.72. The van der Waals surface area contributed by atoms with Crippen molar-refractivity contribution in [3.8, 4) is 17.5 Å². The Morgan fingerprint density at radius 3 is 2.33 bits per heavy atom. The highest BCUT2D eigenvalue weighted by Crippen LogP contribution is 2.30. The highest BCUT2D eigenvalue weighted by atomic mass is 16.6. The monoisotopic (exact) mass is 735 g/mol. The van der Waals surface area contributed by atoms with Crippen LogP contribution in [0.1, 0.15) is 74.8 Å². The summed E-state index contributed by atoms with van der Waals surface area (Å²) in [6.07, 6.45) is 5.74. The number of rotatable bonds is 21. The van der Waals surface area contributed by atoms with Crippen molar-refractivity contribution in [3.05, 3.63) is 113 Å². The van der Waals surface area contributed by atoms with Crippen LogP contribution in [0.15, 0.2) is 79.0 Å². The Morgan fingerprint density at radius 2 is 1.57 bits per heavy atom. The van der Waals surface area contributed by atoms with Crippen LogP contribution in [0.5, 0.6) is 0 Å². The summed E-state index contributed by atoms with van der Waals surface area (Å²) >= 11 is 0. The summed E-state index contributed by atoms with van der Waals surface area (Å²) in [6, 6.07) is 23.9. The van der Waals surface area contributed by atoms with E-state index in [4.69, 9.17) is 24.1 Å². The summed E-state index contributed by atoms with van der Waals surface area (Å²) < 4.78 is 21.7. The van der Waals surface area contributed by atoms with Gasteiger partial charge in [-0.3, -0.25) is 14.4 Å². The second-order valence-electron chi connectivity index (χ2n) is 12.6. The van der Waals surface area contributed by atoms with Crippen LogP contribution < -0.4 is 10.6 Å². The van der Waals surface area contributed by atoms with Gasteiger partial charge in [0.2, 0.25) is 0 Å². The van der Waals surface area contributed by atoms with E-state index in [2.05, 4.69) is 32.7 Å². The average Bonchev–Trinajstić information content (AvgIpc) is 3.19. The number of aryl methyl sites for hydroxylation is 2. The first kappa shape index (κ1) is 39.7. The molecule has 1 atom stereocenters. The van der Waals surface area contributed by atoms with Crippen LogP contribution in [0.25, 0.3) is 11.4 Å². The molecule has 3 aromatic carbocycles. The molecule has 13 nitrogen and oxygen atoms in total. The van der Waals surface area contributed by atoms with Crippen LogP contribution in [0.2, 0.25) is 0 Å². The van der Waals surface area contributed by atoms with Gasteiger partial charge in [-0.05, 0) is 85.2 Å². The van der Waals surface area contributed by atoms with Crippen molar-refractivity contribution in [2.75, 3.05) is 58.2 Å². The number of anilines is 1. The molecule has 0 aliphatic heterocycles. The van der Waals surface area contributed by atoms with Gasteiger partial charge in [0.15, 0.2) is 5.82 Å². The molecule has 3 N–H and O–H groups in total. The second-order valence-corrected chi connectivity index (χ2v) is 12.6. The lowest BCUT2D eigenvalue weighted by Gasteiger charge is -2.26. The lowest BCUT2D eigenvalue weighted by Crippen LogP contribution is -2.31. The number of aromatic nitrogens is 2. The van der Waals surface area contributed by atoms with E-state index in [1.54, 1.807) is 30.3 Å². The van der Waals surface area contributed by atoms with Gasteiger partial charge in [-0.1, -0.05) is 36.4 Å². The molecular formula is C41H45N5O8. The van der Waals surface area contributed by atoms with Crippen molar-refractivity contribution < 1.29 is 38.4 Å². The van der Waals surface area contributed by atoms with E-state index in [9.17, 15) is 19.6 Å². The average molecular weight is 736 g/mol. The van der Waals surface area contributed by atoms with Crippen LogP contribution in [-0.2, 0) is 36.6 Å². The van der Waals surface area contributed by atoms with E-state index in [0.29, 0.717) is 75.0 Å². The summed E-state index contributed by atoms with van der Waals surface area (Å²) in [7, 11) is 0. The van der Waals surface area contributed by atoms with E-state index < -0.39 is 5.97 Å². The second kappa shape index (κ2) is 21.2. The molecule has 1 aromatic heterocycles. The number of carboxylic acids is 1. The number of carbonyl (C=O) groups is 3. The zero-order valence-electron chi connectivity index (χ0n) is 30.1. The lowest BCUT2D eigenvalue weighted by atomic mass is 9.87. The standard InChI is InChI=1S/C41H45N5O8/c42-28-30-13-14-36(34(27-30)39-43-17-15-37(44-39)41(50)46-35-12-4-9-31-8-1-2-11-33(31)35)45-40(49)32-10-3-6-29(26-32)7-5-18-51-20-22-53-24-25-54-23-21-52-19-16-38(47)48/h1-3,6,8,10-11,13-15,17,26-27,35H,4-5,7,9,12,16,18-25H2,(H,45,49)(H,46,50)(H,47,48)/t35-/m0/s1. The fraction of sp³-hybridized carbons (Fsp3) is 0.366. The van der Waals surface area contributed by atoms with E-state index in [0.717, 1.165) is 36.8 Å². The smallest absolute Gasteiger partial charge is 0.305 e. The van der Waals surface area contributed by atoms with Gasteiger partial charge in [0.05, 0.1) is 76.0 Å². The van der Waals surface area contributed by atoms with Crippen molar-refractivity contribution in [2.45, 2.75) is 44.6 Å². The van der Waals surface area contributed by atoms with Crippen LogP contribution in [0.3, 0.4) is 0 Å². The summed E-state index contributed by atoms with van der Waals surface area (Å²) in [6.45, 7) is 3.13. The Kier molecular flexibility index (Phi) is 15.6. The quantitative estimate of drug-likeness (QED) is 0.0913. The SMILES string of the molecule is N#Cc1ccc(NC(=O)c2cccc(CCCOCCOCCOCCOCCC(=O)O)c2)c(-c2nccc(C(=O)N[C@H]3CCCc4ccccc43)n2)c1. The number of carbonyl (C=O) groups excluding carboxylic acids is 2. The van der Waals surface area contributed by atoms with Crippen LogP contribution in [0, 0.1) is 11.3 Å². The number of fused-ring (bicyclic) bond motifs is 1. The van der Waals surface area contributed by atoms with Gasteiger partial charge < -0.3 is 34.7 Å². The van der Waals surface area contributed by atoms with Crippen molar-refractivity contribution in [2.24, 2.45) is 0 Å². The minimum absolute atomic E-state index is 0.0243. The minimum atomic E-state index is -0.890. The fourth-order valence-electron chi connectivity index (χ4n) is 6.02. The molecule has 1 aliphatic rings. The summed E-state index contributed by atoms with van der Waals surface area (Å²) in [5.74, 6) is -1.34.